The van der Waals surface area contributed by atoms with Gasteiger partial charge in [-0.2, -0.15) is 0 Å². The molecule has 1 aliphatic heterocycles. The fourth-order valence-corrected chi connectivity index (χ4v) is 3.11. The first-order chi connectivity index (χ1) is 12.4. The van der Waals surface area contributed by atoms with Gasteiger partial charge in [0.15, 0.2) is 0 Å². The SMILES string of the molecule is O=C(CN1C(=O)SC(=Cc2cccc(F)c2)C1=O)Nc1ccc(O)cc1. The molecule has 0 radical (unpaired) electrons. The number of thioether (sulfide) groups is 1. The molecule has 3 rings (SSSR count). The summed E-state index contributed by atoms with van der Waals surface area (Å²) in [6.07, 6.45) is 1.41. The second kappa shape index (κ2) is 7.40. The number of halogens is 1. The average molecular weight is 372 g/mol. The van der Waals surface area contributed by atoms with E-state index in [1.54, 1.807) is 6.07 Å². The first-order valence-corrected chi connectivity index (χ1v) is 8.34. The monoisotopic (exact) mass is 372 g/mol. The summed E-state index contributed by atoms with van der Waals surface area (Å²) < 4.78 is 13.2. The fourth-order valence-electron chi connectivity index (χ4n) is 2.27. The van der Waals surface area contributed by atoms with E-state index in [1.165, 1.54) is 48.5 Å². The van der Waals surface area contributed by atoms with Crippen molar-refractivity contribution in [3.63, 3.8) is 0 Å². The van der Waals surface area contributed by atoms with Crippen molar-refractivity contribution in [2.45, 2.75) is 0 Å². The number of imide groups is 1. The minimum atomic E-state index is -0.606. The summed E-state index contributed by atoms with van der Waals surface area (Å²) >= 11 is 0.696. The van der Waals surface area contributed by atoms with Crippen molar-refractivity contribution in [3.8, 4) is 5.75 Å². The Balaban J connectivity index is 1.69. The number of benzene rings is 2. The molecular weight excluding hydrogens is 359 g/mol. The van der Waals surface area contributed by atoms with Crippen LogP contribution in [0, 0.1) is 5.82 Å². The van der Waals surface area contributed by atoms with Gasteiger partial charge in [-0.3, -0.25) is 19.3 Å². The largest absolute Gasteiger partial charge is 0.508 e. The number of amides is 3. The number of nitrogens with one attached hydrogen (secondary N) is 1. The number of anilines is 1. The molecule has 0 spiro atoms. The maximum absolute atomic E-state index is 13.2. The van der Waals surface area contributed by atoms with E-state index in [-0.39, 0.29) is 10.7 Å². The van der Waals surface area contributed by atoms with E-state index >= 15 is 0 Å². The third-order valence-electron chi connectivity index (χ3n) is 3.47. The number of carbonyl (C=O) groups excluding carboxylic acids is 3. The van der Waals surface area contributed by atoms with Gasteiger partial charge in [-0.1, -0.05) is 12.1 Å². The lowest BCUT2D eigenvalue weighted by atomic mass is 10.2. The minimum Gasteiger partial charge on any atom is -0.508 e. The van der Waals surface area contributed by atoms with Crippen molar-refractivity contribution in [3.05, 3.63) is 64.8 Å². The fraction of sp³-hybridized carbons (Fsp3) is 0.0556. The van der Waals surface area contributed by atoms with Gasteiger partial charge < -0.3 is 10.4 Å². The highest BCUT2D eigenvalue weighted by Gasteiger charge is 2.36. The molecule has 0 aliphatic carbocycles. The summed E-state index contributed by atoms with van der Waals surface area (Å²) in [5.41, 5.74) is 0.874. The molecule has 0 aromatic heterocycles. The maximum Gasteiger partial charge on any atom is 0.294 e. The lowest BCUT2D eigenvalue weighted by Crippen LogP contribution is -2.36. The van der Waals surface area contributed by atoms with Crippen molar-refractivity contribution in [2.24, 2.45) is 0 Å². The molecule has 1 saturated heterocycles. The van der Waals surface area contributed by atoms with Gasteiger partial charge in [-0.25, -0.2) is 4.39 Å². The molecule has 1 heterocycles. The van der Waals surface area contributed by atoms with Crippen LogP contribution in [0.2, 0.25) is 0 Å². The highest BCUT2D eigenvalue weighted by Crippen LogP contribution is 2.32. The molecule has 6 nitrogen and oxygen atoms in total. The van der Waals surface area contributed by atoms with Crippen LogP contribution in [0.3, 0.4) is 0 Å². The van der Waals surface area contributed by atoms with E-state index in [2.05, 4.69) is 5.32 Å². The van der Waals surface area contributed by atoms with Crippen LogP contribution in [-0.2, 0) is 9.59 Å². The predicted molar refractivity (Wildman–Crippen MR) is 95.8 cm³/mol. The number of phenols is 1. The van der Waals surface area contributed by atoms with E-state index in [1.807, 2.05) is 0 Å². The Morgan fingerprint density at radius 2 is 1.92 bits per heavy atom. The highest BCUT2D eigenvalue weighted by molar-refractivity contribution is 8.18. The van der Waals surface area contributed by atoms with E-state index < -0.39 is 29.4 Å². The zero-order valence-electron chi connectivity index (χ0n) is 13.3. The number of hydrogen-bond acceptors (Lipinski definition) is 5. The Kier molecular flexibility index (Phi) is 5.04. The quantitative estimate of drug-likeness (QED) is 0.636. The first kappa shape index (κ1) is 17.7. The molecule has 2 aromatic rings. The smallest absolute Gasteiger partial charge is 0.294 e. The summed E-state index contributed by atoms with van der Waals surface area (Å²) in [4.78, 5) is 37.4. The van der Waals surface area contributed by atoms with Crippen molar-refractivity contribution >= 4 is 40.6 Å². The van der Waals surface area contributed by atoms with E-state index in [0.717, 1.165) is 4.90 Å². The normalized spacial score (nSPS) is 15.6. The molecule has 26 heavy (non-hydrogen) atoms. The Morgan fingerprint density at radius 1 is 1.19 bits per heavy atom. The number of phenolic OH excluding ortho intramolecular Hbond substituents is 1. The number of rotatable bonds is 4. The van der Waals surface area contributed by atoms with Gasteiger partial charge in [0.05, 0.1) is 4.91 Å². The molecule has 1 aliphatic rings. The third kappa shape index (κ3) is 4.09. The second-order valence-corrected chi connectivity index (χ2v) is 6.41. The molecule has 2 N–H and O–H groups in total. The van der Waals surface area contributed by atoms with Gasteiger partial charge in [-0.15, -0.1) is 0 Å². The summed E-state index contributed by atoms with van der Waals surface area (Å²) in [6, 6.07) is 11.4. The van der Waals surface area contributed by atoms with Crippen LogP contribution < -0.4 is 5.32 Å². The van der Waals surface area contributed by atoms with Crippen molar-refractivity contribution in [1.29, 1.82) is 0 Å². The highest BCUT2D eigenvalue weighted by atomic mass is 32.2. The number of carbonyl (C=O) groups is 3. The average Bonchev–Trinajstić information content (AvgIpc) is 2.84. The Hall–Kier alpha value is -3.13. The van der Waals surface area contributed by atoms with E-state index in [4.69, 9.17) is 0 Å². The molecule has 0 unspecified atom stereocenters. The molecule has 3 amide bonds. The standard InChI is InChI=1S/C18H13FN2O4S/c19-12-3-1-2-11(8-12)9-15-17(24)21(18(25)26-15)10-16(23)20-13-4-6-14(22)7-5-13/h1-9,22H,10H2,(H,20,23). The van der Waals surface area contributed by atoms with Crippen molar-refractivity contribution in [1.82, 2.24) is 4.90 Å². The lowest BCUT2D eigenvalue weighted by Gasteiger charge is -2.12. The van der Waals surface area contributed by atoms with Gasteiger partial charge in [-0.05, 0) is 59.8 Å². The Morgan fingerprint density at radius 3 is 2.62 bits per heavy atom. The Labute approximate surface area is 152 Å². The summed E-state index contributed by atoms with van der Waals surface area (Å²) in [5.74, 6) is -1.56. The minimum absolute atomic E-state index is 0.0522. The zero-order valence-corrected chi connectivity index (χ0v) is 14.1. The van der Waals surface area contributed by atoms with Crippen LogP contribution in [0.4, 0.5) is 14.9 Å². The maximum atomic E-state index is 13.2. The molecule has 0 atom stereocenters. The van der Waals surface area contributed by atoms with Gasteiger partial charge >= 0.3 is 0 Å². The topological polar surface area (TPSA) is 86.7 Å². The molecule has 1 fully saturated rings. The van der Waals surface area contributed by atoms with Gasteiger partial charge in [0, 0.05) is 5.69 Å². The summed E-state index contributed by atoms with van der Waals surface area (Å²) in [5, 5.41) is 11.2. The lowest BCUT2D eigenvalue weighted by molar-refractivity contribution is -0.127. The molecule has 8 heteroatoms. The van der Waals surface area contributed by atoms with Crippen LogP contribution in [0.5, 0.6) is 5.75 Å². The van der Waals surface area contributed by atoms with Crippen molar-refractivity contribution in [2.75, 3.05) is 11.9 Å². The van der Waals surface area contributed by atoms with Crippen LogP contribution in [0.25, 0.3) is 6.08 Å². The Bertz CT molecular complexity index is 912. The first-order valence-electron chi connectivity index (χ1n) is 7.52. The molecule has 0 bridgehead atoms. The molecular formula is C18H13FN2O4S. The zero-order chi connectivity index (χ0) is 18.7. The number of aromatic hydroxyl groups is 1. The van der Waals surface area contributed by atoms with Crippen LogP contribution in [0.15, 0.2) is 53.4 Å². The summed E-state index contributed by atoms with van der Waals surface area (Å²) in [7, 11) is 0. The number of nitrogens with zero attached hydrogens (tertiary/aromatic N) is 1. The van der Waals surface area contributed by atoms with Gasteiger partial charge in [0.2, 0.25) is 5.91 Å². The van der Waals surface area contributed by atoms with Crippen molar-refractivity contribution < 1.29 is 23.9 Å². The molecule has 2 aromatic carbocycles. The van der Waals surface area contributed by atoms with E-state index in [9.17, 15) is 23.9 Å². The summed E-state index contributed by atoms with van der Waals surface area (Å²) in [6.45, 7) is -0.438. The molecule has 0 saturated carbocycles. The van der Waals surface area contributed by atoms with Crippen LogP contribution >= 0.6 is 11.8 Å². The third-order valence-corrected chi connectivity index (χ3v) is 4.38. The van der Waals surface area contributed by atoms with Crippen LogP contribution in [-0.4, -0.2) is 33.6 Å². The number of hydrogen-bond donors (Lipinski definition) is 2. The van der Waals surface area contributed by atoms with E-state index in [0.29, 0.717) is 23.0 Å². The van der Waals surface area contributed by atoms with Crippen LogP contribution in [0.1, 0.15) is 5.56 Å². The predicted octanol–water partition coefficient (Wildman–Crippen LogP) is 3.21. The van der Waals surface area contributed by atoms with Gasteiger partial charge in [0.25, 0.3) is 11.1 Å². The second-order valence-electron chi connectivity index (χ2n) is 5.42. The van der Waals surface area contributed by atoms with Gasteiger partial charge in [0.1, 0.15) is 18.1 Å². The molecule has 132 valence electrons.